The topological polar surface area (TPSA) is 68.7 Å². The largest absolute Gasteiger partial charge is 0.482 e. The van der Waals surface area contributed by atoms with Crippen molar-refractivity contribution in [1.29, 1.82) is 0 Å². The first kappa shape index (κ1) is 20.8. The first-order valence-electron chi connectivity index (χ1n) is 10.7. The Morgan fingerprint density at radius 2 is 2.10 bits per heavy atom. The van der Waals surface area contributed by atoms with Crippen molar-refractivity contribution in [2.24, 2.45) is 5.92 Å². The number of amides is 1. The summed E-state index contributed by atoms with van der Waals surface area (Å²) in [6, 6.07) is 5.67. The highest BCUT2D eigenvalue weighted by molar-refractivity contribution is 7.09. The van der Waals surface area contributed by atoms with Crippen LogP contribution in [0.2, 0.25) is 0 Å². The summed E-state index contributed by atoms with van der Waals surface area (Å²) in [5, 5.41) is 3.13. The van der Waals surface area contributed by atoms with E-state index in [0.717, 1.165) is 54.8 Å². The minimum absolute atomic E-state index is 0.0392. The fraction of sp³-hybridized carbons (Fsp3) is 0.522. The van der Waals surface area contributed by atoms with Crippen LogP contribution in [0.3, 0.4) is 0 Å². The number of anilines is 1. The van der Waals surface area contributed by atoms with E-state index in [4.69, 9.17) is 14.5 Å². The van der Waals surface area contributed by atoms with Crippen LogP contribution in [0.5, 0.6) is 5.75 Å². The van der Waals surface area contributed by atoms with E-state index >= 15 is 0 Å². The van der Waals surface area contributed by atoms with Crippen molar-refractivity contribution in [1.82, 2.24) is 4.98 Å². The van der Waals surface area contributed by atoms with E-state index in [2.05, 4.69) is 13.8 Å². The van der Waals surface area contributed by atoms with E-state index in [0.29, 0.717) is 17.4 Å². The first-order chi connectivity index (χ1) is 14.5. The lowest BCUT2D eigenvalue weighted by atomic mass is 9.89. The molecule has 4 rings (SSSR count). The van der Waals surface area contributed by atoms with Crippen molar-refractivity contribution in [3.8, 4) is 17.0 Å². The molecule has 0 atom stereocenters. The Hall–Kier alpha value is -2.41. The average Bonchev–Trinajstić information content (AvgIpc) is 3.20. The number of nitrogens with zero attached hydrogens (tertiary/aromatic N) is 2. The van der Waals surface area contributed by atoms with Crippen LogP contribution in [-0.4, -0.2) is 36.1 Å². The van der Waals surface area contributed by atoms with Gasteiger partial charge in [0.25, 0.3) is 5.91 Å². The fourth-order valence-corrected chi connectivity index (χ4v) is 4.92. The number of esters is 1. The molecule has 0 spiro atoms. The zero-order valence-corrected chi connectivity index (χ0v) is 18.4. The van der Waals surface area contributed by atoms with Gasteiger partial charge in [0.1, 0.15) is 18.4 Å². The number of carbonyl (C=O) groups excluding carboxylic acids is 2. The molecule has 30 heavy (non-hydrogen) atoms. The van der Waals surface area contributed by atoms with Crippen LogP contribution in [0.25, 0.3) is 11.3 Å². The smallest absolute Gasteiger partial charge is 0.326 e. The molecule has 1 saturated carbocycles. The van der Waals surface area contributed by atoms with Gasteiger partial charge < -0.3 is 9.47 Å². The SMILES string of the molecule is CCCc1nc(-c2ccc3c(c2)N(CC(=O)OC2CCC(C)CC2)C(=O)CO3)cs1. The predicted molar refractivity (Wildman–Crippen MR) is 117 cm³/mol. The summed E-state index contributed by atoms with van der Waals surface area (Å²) in [4.78, 5) is 31.3. The maximum Gasteiger partial charge on any atom is 0.326 e. The number of fused-ring (bicyclic) bond motifs is 1. The molecule has 0 N–H and O–H groups in total. The van der Waals surface area contributed by atoms with Crippen LogP contribution in [-0.2, 0) is 20.7 Å². The summed E-state index contributed by atoms with van der Waals surface area (Å²) in [5.74, 6) is 0.690. The van der Waals surface area contributed by atoms with Gasteiger partial charge in [-0.3, -0.25) is 14.5 Å². The van der Waals surface area contributed by atoms with E-state index in [1.165, 1.54) is 4.90 Å². The summed E-state index contributed by atoms with van der Waals surface area (Å²) < 4.78 is 11.2. The molecule has 1 aromatic heterocycles. The predicted octanol–water partition coefficient (Wildman–Crippen LogP) is 4.61. The van der Waals surface area contributed by atoms with E-state index in [9.17, 15) is 9.59 Å². The summed E-state index contributed by atoms with van der Waals surface area (Å²) in [6.07, 6.45) is 5.92. The number of thiazole rings is 1. The third-order valence-corrected chi connectivity index (χ3v) is 6.67. The maximum atomic E-state index is 12.6. The van der Waals surface area contributed by atoms with E-state index < -0.39 is 0 Å². The second-order valence-corrected chi connectivity index (χ2v) is 9.14. The third-order valence-electron chi connectivity index (χ3n) is 5.76. The minimum atomic E-state index is -0.361. The number of hydrogen-bond acceptors (Lipinski definition) is 6. The maximum absolute atomic E-state index is 12.6. The molecule has 1 fully saturated rings. The highest BCUT2D eigenvalue weighted by atomic mass is 32.1. The lowest BCUT2D eigenvalue weighted by molar-refractivity contribution is -0.150. The normalized spacial score (nSPS) is 21.1. The van der Waals surface area contributed by atoms with Crippen molar-refractivity contribution in [2.75, 3.05) is 18.1 Å². The summed E-state index contributed by atoms with van der Waals surface area (Å²) >= 11 is 1.64. The van der Waals surface area contributed by atoms with Crippen LogP contribution in [0.4, 0.5) is 5.69 Å². The molecule has 160 valence electrons. The molecule has 7 heteroatoms. The summed E-state index contributed by atoms with van der Waals surface area (Å²) in [5.41, 5.74) is 2.39. The number of rotatable bonds is 6. The Bertz CT molecular complexity index is 918. The molecule has 6 nitrogen and oxygen atoms in total. The number of ether oxygens (including phenoxy) is 2. The van der Waals surface area contributed by atoms with Gasteiger partial charge in [-0.2, -0.15) is 0 Å². The average molecular weight is 429 g/mol. The van der Waals surface area contributed by atoms with E-state index in [-0.39, 0.29) is 31.1 Å². The first-order valence-corrected chi connectivity index (χ1v) is 11.6. The Labute approximate surface area is 181 Å². The number of benzene rings is 1. The van der Waals surface area contributed by atoms with Gasteiger partial charge in [0.05, 0.1) is 16.4 Å². The number of hydrogen-bond donors (Lipinski definition) is 0. The fourth-order valence-electron chi connectivity index (χ4n) is 4.01. The van der Waals surface area contributed by atoms with Crippen molar-refractivity contribution < 1.29 is 19.1 Å². The van der Waals surface area contributed by atoms with Crippen molar-refractivity contribution >= 4 is 28.9 Å². The van der Waals surface area contributed by atoms with Crippen LogP contribution >= 0.6 is 11.3 Å². The minimum Gasteiger partial charge on any atom is -0.482 e. The highest BCUT2D eigenvalue weighted by Gasteiger charge is 2.30. The summed E-state index contributed by atoms with van der Waals surface area (Å²) in [6.45, 7) is 4.20. The Kier molecular flexibility index (Phi) is 6.37. The Morgan fingerprint density at radius 3 is 2.87 bits per heavy atom. The molecule has 2 aromatic rings. The molecule has 2 heterocycles. The second-order valence-electron chi connectivity index (χ2n) is 8.20. The summed E-state index contributed by atoms with van der Waals surface area (Å²) in [7, 11) is 0. The van der Waals surface area contributed by atoms with Crippen molar-refractivity contribution in [2.45, 2.75) is 58.5 Å². The van der Waals surface area contributed by atoms with Gasteiger partial charge in [-0.1, -0.05) is 13.8 Å². The molecule has 1 aromatic carbocycles. The van der Waals surface area contributed by atoms with Crippen LogP contribution in [0, 0.1) is 5.92 Å². The molecule has 0 bridgehead atoms. The van der Waals surface area contributed by atoms with Gasteiger partial charge in [-0.25, -0.2) is 4.98 Å². The van der Waals surface area contributed by atoms with Gasteiger partial charge in [0, 0.05) is 10.9 Å². The van der Waals surface area contributed by atoms with Gasteiger partial charge in [0.2, 0.25) is 0 Å². The number of carbonyl (C=O) groups is 2. The van der Waals surface area contributed by atoms with Crippen molar-refractivity contribution in [3.05, 3.63) is 28.6 Å². The zero-order valence-electron chi connectivity index (χ0n) is 17.6. The monoisotopic (exact) mass is 428 g/mol. The number of aromatic nitrogens is 1. The molecule has 2 aliphatic rings. The Balaban J connectivity index is 1.50. The zero-order chi connectivity index (χ0) is 21.1. The van der Waals surface area contributed by atoms with Gasteiger partial charge >= 0.3 is 5.97 Å². The van der Waals surface area contributed by atoms with Crippen LogP contribution in [0.15, 0.2) is 23.6 Å². The Morgan fingerprint density at radius 1 is 1.30 bits per heavy atom. The van der Waals surface area contributed by atoms with Crippen molar-refractivity contribution in [3.63, 3.8) is 0 Å². The quantitative estimate of drug-likeness (QED) is 0.629. The van der Waals surface area contributed by atoms with Gasteiger partial charge in [0.15, 0.2) is 6.61 Å². The molecular weight excluding hydrogens is 400 g/mol. The molecular formula is C23H28N2O4S. The molecule has 0 unspecified atom stereocenters. The van der Waals surface area contributed by atoms with Gasteiger partial charge in [-0.05, 0) is 62.6 Å². The molecule has 1 aliphatic heterocycles. The molecule has 1 amide bonds. The lowest BCUT2D eigenvalue weighted by Crippen LogP contribution is -2.43. The van der Waals surface area contributed by atoms with Gasteiger partial charge in [-0.15, -0.1) is 11.3 Å². The lowest BCUT2D eigenvalue weighted by Gasteiger charge is -2.30. The van der Waals surface area contributed by atoms with Crippen LogP contribution in [0.1, 0.15) is 51.0 Å². The third kappa shape index (κ3) is 4.67. The molecule has 0 saturated heterocycles. The second kappa shape index (κ2) is 9.16. The van der Waals surface area contributed by atoms with E-state index in [1.807, 2.05) is 23.6 Å². The number of aryl methyl sites for hydroxylation is 1. The molecule has 1 aliphatic carbocycles. The highest BCUT2D eigenvalue weighted by Crippen LogP contribution is 2.36. The van der Waals surface area contributed by atoms with Crippen LogP contribution < -0.4 is 9.64 Å². The van der Waals surface area contributed by atoms with E-state index in [1.54, 1.807) is 11.3 Å². The molecule has 0 radical (unpaired) electrons. The standard InChI is InChI=1S/C23H28N2O4S/c1-3-4-21-24-18(14-30-21)16-7-10-20-19(11-16)25(22(26)13-28-20)12-23(27)29-17-8-5-15(2)6-9-17/h7,10-11,14-15,17H,3-6,8-9,12-13H2,1-2H3.